The summed E-state index contributed by atoms with van der Waals surface area (Å²) in [5.74, 6) is 0.338. The van der Waals surface area contributed by atoms with Crippen LogP contribution in [0.4, 0.5) is 0 Å². The summed E-state index contributed by atoms with van der Waals surface area (Å²) in [6.07, 6.45) is 0. The highest BCUT2D eigenvalue weighted by Gasteiger charge is 2.14. The van der Waals surface area contributed by atoms with Crippen LogP contribution in [0.25, 0.3) is 10.8 Å². The minimum atomic E-state index is -0.501. The van der Waals surface area contributed by atoms with Gasteiger partial charge in [0, 0.05) is 25.4 Å². The highest BCUT2D eigenvalue weighted by molar-refractivity contribution is 7.99. The summed E-state index contributed by atoms with van der Waals surface area (Å²) < 4.78 is 4.58. The minimum absolute atomic E-state index is 0.0359. The lowest BCUT2D eigenvalue weighted by molar-refractivity contribution is -0.141. The molecule has 0 aliphatic carbocycles. The highest BCUT2D eigenvalue weighted by Crippen LogP contribution is 2.20. The average molecular weight is 494 g/mol. The molecule has 0 spiro atoms. The van der Waals surface area contributed by atoms with E-state index >= 15 is 0 Å². The Morgan fingerprint density at radius 3 is 2.43 bits per heavy atom. The van der Waals surface area contributed by atoms with Crippen LogP contribution < -0.4 is 10.6 Å². The van der Waals surface area contributed by atoms with Gasteiger partial charge in [-0.05, 0) is 21.9 Å². The Hall–Kier alpha value is -3.36. The van der Waals surface area contributed by atoms with E-state index in [1.807, 2.05) is 59.5 Å². The number of carbonyl (C=O) groups excluding carboxylic acids is 3. The lowest BCUT2D eigenvalue weighted by atomic mass is 10.0. The van der Waals surface area contributed by atoms with E-state index in [0.29, 0.717) is 25.4 Å². The van der Waals surface area contributed by atoms with Gasteiger partial charge in [0.2, 0.25) is 11.8 Å². The van der Waals surface area contributed by atoms with Gasteiger partial charge in [-0.15, -0.1) is 11.8 Å². The van der Waals surface area contributed by atoms with Crippen molar-refractivity contribution in [3.8, 4) is 0 Å². The van der Waals surface area contributed by atoms with Gasteiger partial charge in [-0.25, -0.2) is 0 Å². The fourth-order valence-electron chi connectivity index (χ4n) is 3.63. The third-order valence-electron chi connectivity index (χ3n) is 5.39. The van der Waals surface area contributed by atoms with E-state index in [1.165, 1.54) is 12.7 Å². The Morgan fingerprint density at radius 1 is 0.886 bits per heavy atom. The minimum Gasteiger partial charge on any atom is -0.468 e. The molecule has 0 bridgehead atoms. The van der Waals surface area contributed by atoms with E-state index in [0.717, 1.165) is 22.1 Å². The zero-order valence-corrected chi connectivity index (χ0v) is 20.7. The molecule has 3 aromatic rings. The summed E-state index contributed by atoms with van der Waals surface area (Å²) >= 11 is 1.57. The number of hydrogen-bond donors (Lipinski definition) is 2. The molecule has 0 unspecified atom stereocenters. The Labute approximate surface area is 210 Å². The topological polar surface area (TPSA) is 87.7 Å². The van der Waals surface area contributed by atoms with Crippen LogP contribution in [0.15, 0.2) is 72.8 Å². The fraction of sp³-hybridized carbons (Fsp3) is 0.296. The number of rotatable bonds is 13. The van der Waals surface area contributed by atoms with E-state index in [2.05, 4.69) is 33.6 Å². The van der Waals surface area contributed by atoms with Crippen molar-refractivity contribution in [2.45, 2.75) is 12.3 Å². The van der Waals surface area contributed by atoms with Gasteiger partial charge in [0.05, 0.1) is 19.4 Å². The summed E-state index contributed by atoms with van der Waals surface area (Å²) in [5, 5.41) is 7.78. The van der Waals surface area contributed by atoms with Gasteiger partial charge in [-0.1, -0.05) is 72.8 Å². The first-order valence-electron chi connectivity index (χ1n) is 11.5. The maximum absolute atomic E-state index is 12.4. The predicted octanol–water partition coefficient (Wildman–Crippen LogP) is 2.98. The normalized spacial score (nSPS) is 10.8. The molecule has 0 fully saturated rings. The van der Waals surface area contributed by atoms with Gasteiger partial charge in [-0.2, -0.15) is 0 Å². The van der Waals surface area contributed by atoms with E-state index in [4.69, 9.17) is 0 Å². The van der Waals surface area contributed by atoms with Crippen LogP contribution in [-0.2, 0) is 31.4 Å². The summed E-state index contributed by atoms with van der Waals surface area (Å²) in [6.45, 7) is 1.36. The number of benzene rings is 3. The van der Waals surface area contributed by atoms with Crippen molar-refractivity contribution >= 4 is 40.3 Å². The van der Waals surface area contributed by atoms with Gasteiger partial charge in [0.25, 0.3) is 0 Å². The Morgan fingerprint density at radius 2 is 1.63 bits per heavy atom. The number of nitrogens with zero attached hydrogens (tertiary/aromatic N) is 1. The SMILES string of the molecule is COC(=O)CNC(=O)CN(CCNC(=O)CSCc1ccccc1)Cc1cccc2ccccc12. The molecule has 0 saturated carbocycles. The van der Waals surface area contributed by atoms with Crippen molar-refractivity contribution in [2.24, 2.45) is 0 Å². The standard InChI is InChI=1S/C27H31N3O4S/c1-34-27(33)16-29-25(31)18-30(17-23-12-7-11-22-10-5-6-13-24(22)23)15-14-28-26(32)20-35-19-21-8-3-2-4-9-21/h2-13H,14-20H2,1H3,(H,28,32)(H,29,31). The third kappa shape index (κ3) is 9.07. The molecule has 7 nitrogen and oxygen atoms in total. The molecule has 0 aliphatic heterocycles. The summed E-state index contributed by atoms with van der Waals surface area (Å²) in [4.78, 5) is 38.1. The molecule has 0 saturated heterocycles. The molecule has 184 valence electrons. The van der Waals surface area contributed by atoms with Crippen LogP contribution in [-0.4, -0.2) is 61.7 Å². The second-order valence-electron chi connectivity index (χ2n) is 8.03. The van der Waals surface area contributed by atoms with Crippen LogP contribution in [0.5, 0.6) is 0 Å². The second kappa shape index (κ2) is 14.1. The van der Waals surface area contributed by atoms with Gasteiger partial charge in [-0.3, -0.25) is 19.3 Å². The lowest BCUT2D eigenvalue weighted by Gasteiger charge is -2.23. The Bertz CT molecular complexity index is 1120. The number of methoxy groups -OCH3 is 1. The zero-order valence-electron chi connectivity index (χ0n) is 19.9. The van der Waals surface area contributed by atoms with Gasteiger partial charge in [0.1, 0.15) is 6.54 Å². The number of carbonyl (C=O) groups is 3. The molecule has 3 rings (SSSR count). The summed E-state index contributed by atoms with van der Waals surface area (Å²) in [5.41, 5.74) is 2.28. The number of nitrogens with one attached hydrogen (secondary N) is 2. The molecular weight excluding hydrogens is 462 g/mol. The van der Waals surface area contributed by atoms with Crippen molar-refractivity contribution in [1.29, 1.82) is 0 Å². The van der Waals surface area contributed by atoms with Gasteiger partial charge >= 0.3 is 5.97 Å². The number of ether oxygens (including phenoxy) is 1. The zero-order chi connectivity index (χ0) is 24.9. The molecule has 35 heavy (non-hydrogen) atoms. The fourth-order valence-corrected chi connectivity index (χ4v) is 4.45. The van der Waals surface area contributed by atoms with Crippen molar-refractivity contribution in [3.63, 3.8) is 0 Å². The largest absolute Gasteiger partial charge is 0.468 e. The first-order valence-corrected chi connectivity index (χ1v) is 12.6. The predicted molar refractivity (Wildman–Crippen MR) is 140 cm³/mol. The monoisotopic (exact) mass is 493 g/mol. The molecular formula is C27H31N3O4S. The number of esters is 1. The number of hydrogen-bond acceptors (Lipinski definition) is 6. The molecule has 0 atom stereocenters. The molecule has 0 heterocycles. The number of amides is 2. The first-order chi connectivity index (χ1) is 17.0. The molecule has 3 aromatic carbocycles. The molecule has 0 aromatic heterocycles. The number of fused-ring (bicyclic) bond motifs is 1. The van der Waals surface area contributed by atoms with Crippen molar-refractivity contribution < 1.29 is 19.1 Å². The van der Waals surface area contributed by atoms with Crippen molar-refractivity contribution in [1.82, 2.24) is 15.5 Å². The van der Waals surface area contributed by atoms with Crippen LogP contribution in [0, 0.1) is 0 Å². The van der Waals surface area contributed by atoms with Crippen LogP contribution >= 0.6 is 11.8 Å². The van der Waals surface area contributed by atoms with Crippen LogP contribution in [0.1, 0.15) is 11.1 Å². The van der Waals surface area contributed by atoms with E-state index in [9.17, 15) is 14.4 Å². The van der Waals surface area contributed by atoms with Gasteiger partial charge in [0.15, 0.2) is 0 Å². The molecule has 0 aliphatic rings. The maximum atomic E-state index is 12.4. The highest BCUT2D eigenvalue weighted by atomic mass is 32.2. The van der Waals surface area contributed by atoms with Crippen molar-refractivity contribution in [3.05, 3.63) is 83.9 Å². The number of thioether (sulfide) groups is 1. The second-order valence-corrected chi connectivity index (χ2v) is 9.02. The van der Waals surface area contributed by atoms with E-state index in [-0.39, 0.29) is 24.9 Å². The third-order valence-corrected chi connectivity index (χ3v) is 6.40. The Balaban J connectivity index is 1.54. The summed E-state index contributed by atoms with van der Waals surface area (Å²) in [6, 6.07) is 24.2. The molecule has 2 amide bonds. The maximum Gasteiger partial charge on any atom is 0.325 e. The summed E-state index contributed by atoms with van der Waals surface area (Å²) in [7, 11) is 1.28. The smallest absolute Gasteiger partial charge is 0.325 e. The average Bonchev–Trinajstić information content (AvgIpc) is 2.88. The Kier molecular flexibility index (Phi) is 10.6. The van der Waals surface area contributed by atoms with Crippen LogP contribution in [0.2, 0.25) is 0 Å². The molecule has 2 N–H and O–H groups in total. The quantitative estimate of drug-likeness (QED) is 0.356. The first kappa shape index (κ1) is 26.2. The molecule has 0 radical (unpaired) electrons. The lowest BCUT2D eigenvalue weighted by Crippen LogP contribution is -2.42. The van der Waals surface area contributed by atoms with Gasteiger partial charge < -0.3 is 15.4 Å². The van der Waals surface area contributed by atoms with Crippen molar-refractivity contribution in [2.75, 3.05) is 39.0 Å². The van der Waals surface area contributed by atoms with Crippen LogP contribution in [0.3, 0.4) is 0 Å². The molecule has 8 heteroatoms. The van der Waals surface area contributed by atoms with E-state index < -0.39 is 5.97 Å². The van der Waals surface area contributed by atoms with E-state index in [1.54, 1.807) is 11.8 Å².